The molecule has 0 atom stereocenters. The lowest BCUT2D eigenvalue weighted by atomic mass is 9.84. The van der Waals surface area contributed by atoms with Crippen LogP contribution in [0.15, 0.2) is 12.1 Å². The largest absolute Gasteiger partial charge is 0.384 e. The predicted octanol–water partition coefficient (Wildman–Crippen LogP) is 2.16. The summed E-state index contributed by atoms with van der Waals surface area (Å²) in [4.78, 5) is 0. The van der Waals surface area contributed by atoms with Gasteiger partial charge in [0.1, 0.15) is 6.61 Å². The van der Waals surface area contributed by atoms with Crippen molar-refractivity contribution in [2.75, 3.05) is 6.61 Å². The lowest BCUT2D eigenvalue weighted by molar-refractivity contribution is 0.293. The highest BCUT2D eigenvalue weighted by molar-refractivity contribution is 6.29. The molecule has 0 unspecified atom stereocenters. The van der Waals surface area contributed by atoms with Gasteiger partial charge in [-0.2, -0.15) is 5.10 Å². The van der Waals surface area contributed by atoms with Gasteiger partial charge in [0.2, 0.25) is 0 Å². The summed E-state index contributed by atoms with van der Waals surface area (Å²) in [6.45, 7) is 0.711. The molecule has 0 amide bonds. The SMILES string of the molecule is OCC#CCC1CCC(NCc2ccc(Cl)nn2)CC1. The van der Waals surface area contributed by atoms with E-state index >= 15 is 0 Å². The molecule has 0 aromatic carbocycles. The Balaban J connectivity index is 1.68. The molecule has 1 aliphatic rings. The second-order valence-electron chi connectivity index (χ2n) is 5.16. The molecule has 1 aliphatic carbocycles. The lowest BCUT2D eigenvalue weighted by Gasteiger charge is -2.28. The minimum atomic E-state index is -0.0287. The molecule has 2 N–H and O–H groups in total. The van der Waals surface area contributed by atoms with E-state index in [-0.39, 0.29) is 6.61 Å². The van der Waals surface area contributed by atoms with Crippen molar-refractivity contribution < 1.29 is 5.11 Å². The summed E-state index contributed by atoms with van der Waals surface area (Å²) >= 11 is 5.71. The maximum atomic E-state index is 8.63. The standard InChI is InChI=1S/C15H20ClN3O/c16-15-9-8-14(18-19-15)11-17-13-6-4-12(5-7-13)3-1-2-10-20/h8-9,12-13,17,20H,3-7,10-11H2. The number of aromatic nitrogens is 2. The van der Waals surface area contributed by atoms with Crippen molar-refractivity contribution >= 4 is 11.6 Å². The van der Waals surface area contributed by atoms with Crippen molar-refractivity contribution in [3.8, 4) is 11.8 Å². The van der Waals surface area contributed by atoms with Gasteiger partial charge in [0.25, 0.3) is 0 Å². The van der Waals surface area contributed by atoms with E-state index in [9.17, 15) is 0 Å². The number of hydrogen-bond acceptors (Lipinski definition) is 4. The minimum absolute atomic E-state index is 0.0287. The minimum Gasteiger partial charge on any atom is -0.384 e. The van der Waals surface area contributed by atoms with E-state index in [4.69, 9.17) is 16.7 Å². The highest BCUT2D eigenvalue weighted by Gasteiger charge is 2.20. The van der Waals surface area contributed by atoms with Crippen LogP contribution < -0.4 is 5.32 Å². The fourth-order valence-electron chi connectivity index (χ4n) is 2.53. The summed E-state index contributed by atoms with van der Waals surface area (Å²) in [7, 11) is 0. The Morgan fingerprint density at radius 2 is 2.00 bits per heavy atom. The zero-order valence-corrected chi connectivity index (χ0v) is 12.2. The number of rotatable bonds is 4. The van der Waals surface area contributed by atoms with E-state index in [1.54, 1.807) is 6.07 Å². The Morgan fingerprint density at radius 1 is 1.20 bits per heavy atom. The summed E-state index contributed by atoms with van der Waals surface area (Å²) in [5.74, 6) is 6.44. The summed E-state index contributed by atoms with van der Waals surface area (Å²) in [5, 5.41) is 20.5. The molecule has 20 heavy (non-hydrogen) atoms. The molecular formula is C15H20ClN3O. The van der Waals surface area contributed by atoms with Crippen molar-refractivity contribution in [2.45, 2.75) is 44.7 Å². The molecule has 2 rings (SSSR count). The van der Waals surface area contributed by atoms with Gasteiger partial charge in [-0.15, -0.1) is 11.0 Å². The van der Waals surface area contributed by atoms with Crippen molar-refractivity contribution in [3.63, 3.8) is 0 Å². The zero-order valence-electron chi connectivity index (χ0n) is 11.5. The Labute approximate surface area is 124 Å². The lowest BCUT2D eigenvalue weighted by Crippen LogP contribution is -2.33. The molecule has 0 bridgehead atoms. The molecule has 108 valence electrons. The van der Waals surface area contributed by atoms with Gasteiger partial charge in [-0.3, -0.25) is 0 Å². The smallest absolute Gasteiger partial charge is 0.151 e. The van der Waals surface area contributed by atoms with Crippen LogP contribution >= 0.6 is 11.6 Å². The van der Waals surface area contributed by atoms with Gasteiger partial charge in [0, 0.05) is 19.0 Å². The van der Waals surface area contributed by atoms with Crippen LogP contribution in [-0.4, -0.2) is 28.0 Å². The molecule has 1 aromatic rings. The molecule has 0 spiro atoms. The molecule has 5 heteroatoms. The first kappa shape index (κ1) is 15.2. The predicted molar refractivity (Wildman–Crippen MR) is 79.1 cm³/mol. The van der Waals surface area contributed by atoms with Gasteiger partial charge in [-0.05, 0) is 43.7 Å². The van der Waals surface area contributed by atoms with Gasteiger partial charge >= 0.3 is 0 Å². The fourth-order valence-corrected chi connectivity index (χ4v) is 2.63. The van der Waals surface area contributed by atoms with Crippen LogP contribution in [0.5, 0.6) is 0 Å². The van der Waals surface area contributed by atoms with Gasteiger partial charge in [0.15, 0.2) is 5.15 Å². The number of nitrogens with zero attached hydrogens (tertiary/aromatic N) is 2. The molecule has 1 fully saturated rings. The van der Waals surface area contributed by atoms with Crippen LogP contribution in [0.2, 0.25) is 5.15 Å². The third kappa shape index (κ3) is 5.09. The van der Waals surface area contributed by atoms with E-state index in [1.165, 1.54) is 25.7 Å². The second kappa shape index (κ2) is 8.21. The van der Waals surface area contributed by atoms with Crippen LogP contribution in [0, 0.1) is 17.8 Å². The number of nitrogens with one attached hydrogen (secondary N) is 1. The molecule has 1 heterocycles. The van der Waals surface area contributed by atoms with Crippen LogP contribution in [0.25, 0.3) is 0 Å². The number of hydrogen-bond donors (Lipinski definition) is 2. The van der Waals surface area contributed by atoms with Crippen molar-refractivity contribution in [2.24, 2.45) is 5.92 Å². The van der Waals surface area contributed by atoms with E-state index in [2.05, 4.69) is 27.4 Å². The molecule has 1 saturated carbocycles. The third-order valence-corrected chi connectivity index (χ3v) is 3.90. The first-order valence-corrected chi connectivity index (χ1v) is 7.44. The van der Waals surface area contributed by atoms with Crippen molar-refractivity contribution in [1.29, 1.82) is 0 Å². The Bertz CT molecular complexity index is 458. The second-order valence-corrected chi connectivity index (χ2v) is 5.55. The highest BCUT2D eigenvalue weighted by atomic mass is 35.5. The maximum Gasteiger partial charge on any atom is 0.151 e. The molecule has 1 aromatic heterocycles. The molecule has 4 nitrogen and oxygen atoms in total. The van der Waals surface area contributed by atoms with Crippen molar-refractivity contribution in [3.05, 3.63) is 23.0 Å². The first-order chi connectivity index (χ1) is 9.78. The Morgan fingerprint density at radius 3 is 2.65 bits per heavy atom. The molecular weight excluding hydrogens is 274 g/mol. The van der Waals surface area contributed by atoms with E-state index in [0.717, 1.165) is 18.7 Å². The first-order valence-electron chi connectivity index (χ1n) is 7.06. The summed E-state index contributed by atoms with van der Waals surface area (Å²) in [5.41, 5.74) is 0.922. The number of aliphatic hydroxyl groups excluding tert-OH is 1. The van der Waals surface area contributed by atoms with Gasteiger partial charge in [0.05, 0.1) is 5.69 Å². The average Bonchev–Trinajstić information content (AvgIpc) is 2.48. The zero-order chi connectivity index (χ0) is 14.2. The van der Waals surface area contributed by atoms with Gasteiger partial charge in [-0.25, -0.2) is 0 Å². The van der Waals surface area contributed by atoms with Crippen LogP contribution in [-0.2, 0) is 6.54 Å². The summed E-state index contributed by atoms with van der Waals surface area (Å²) in [6.07, 6.45) is 5.66. The number of halogens is 1. The topological polar surface area (TPSA) is 58.0 Å². The maximum absolute atomic E-state index is 8.63. The average molecular weight is 294 g/mol. The van der Waals surface area contributed by atoms with Gasteiger partial charge < -0.3 is 10.4 Å². The highest BCUT2D eigenvalue weighted by Crippen LogP contribution is 2.26. The van der Waals surface area contributed by atoms with E-state index < -0.39 is 0 Å². The molecule has 0 aliphatic heterocycles. The van der Waals surface area contributed by atoms with E-state index in [0.29, 0.717) is 17.1 Å². The Hall–Kier alpha value is -1.15. The van der Waals surface area contributed by atoms with Crippen LogP contribution in [0.1, 0.15) is 37.8 Å². The molecule has 0 saturated heterocycles. The monoisotopic (exact) mass is 293 g/mol. The molecule has 0 radical (unpaired) electrons. The van der Waals surface area contributed by atoms with E-state index in [1.807, 2.05) is 6.07 Å². The van der Waals surface area contributed by atoms with Gasteiger partial charge in [-0.1, -0.05) is 17.5 Å². The van der Waals surface area contributed by atoms with Crippen LogP contribution in [0.3, 0.4) is 0 Å². The third-order valence-electron chi connectivity index (χ3n) is 3.70. The van der Waals surface area contributed by atoms with Crippen LogP contribution in [0.4, 0.5) is 0 Å². The summed E-state index contributed by atoms with van der Waals surface area (Å²) in [6, 6.07) is 4.22. The fraction of sp³-hybridized carbons (Fsp3) is 0.600. The summed E-state index contributed by atoms with van der Waals surface area (Å²) < 4.78 is 0. The normalized spacial score (nSPS) is 22.1. The number of aliphatic hydroxyl groups is 1. The Kier molecular flexibility index (Phi) is 6.25. The van der Waals surface area contributed by atoms with Crippen molar-refractivity contribution in [1.82, 2.24) is 15.5 Å². The quantitative estimate of drug-likeness (QED) is 0.835.